The predicted molar refractivity (Wildman–Crippen MR) is 39.0 cm³/mol. The lowest BCUT2D eigenvalue weighted by atomic mass is 10.2. The summed E-state index contributed by atoms with van der Waals surface area (Å²) in [6, 6.07) is 0.491. The number of nitrogen functional groups attached to an aromatic ring is 1. The highest BCUT2D eigenvalue weighted by molar-refractivity contribution is 5.81. The summed E-state index contributed by atoms with van der Waals surface area (Å²) >= 11 is 0. The van der Waals surface area contributed by atoms with E-state index >= 15 is 0 Å². The second-order valence-electron chi connectivity index (χ2n) is 2.25. The van der Waals surface area contributed by atoms with E-state index in [2.05, 4.69) is 4.98 Å². The van der Waals surface area contributed by atoms with Crippen LogP contribution in [0.3, 0.4) is 0 Å². The molecule has 0 saturated heterocycles. The van der Waals surface area contributed by atoms with Crippen LogP contribution < -0.4 is 5.73 Å². The highest BCUT2D eigenvalue weighted by atomic mass is 19.3. The van der Waals surface area contributed by atoms with E-state index in [1.54, 1.807) is 0 Å². The zero-order chi connectivity index (χ0) is 10.0. The Morgan fingerprint density at radius 3 is 2.54 bits per heavy atom. The van der Waals surface area contributed by atoms with Crippen LogP contribution in [-0.4, -0.2) is 11.3 Å². The number of hydrogen-bond acceptors (Lipinski definition) is 3. The monoisotopic (exact) mass is 190 g/mol. The molecular weight excluding hydrogens is 185 g/mol. The average molecular weight is 190 g/mol. The van der Waals surface area contributed by atoms with Gasteiger partial charge in [-0.3, -0.25) is 4.79 Å². The third kappa shape index (κ3) is 1.77. The zero-order valence-electron chi connectivity index (χ0n) is 6.30. The maximum absolute atomic E-state index is 12.8. The van der Waals surface area contributed by atoms with Gasteiger partial charge < -0.3 is 5.73 Å². The Kier molecular flexibility index (Phi) is 2.50. The van der Waals surface area contributed by atoms with Gasteiger partial charge in [0, 0.05) is 6.07 Å². The molecule has 0 unspecified atom stereocenters. The minimum absolute atomic E-state index is 0.132. The second-order valence-corrected chi connectivity index (χ2v) is 2.25. The molecule has 1 rings (SSSR count). The molecule has 13 heavy (non-hydrogen) atoms. The smallest absolute Gasteiger partial charge is 0.280 e. The van der Waals surface area contributed by atoms with Crippen molar-refractivity contribution in [1.82, 2.24) is 4.98 Å². The zero-order valence-corrected chi connectivity index (χ0v) is 6.30. The van der Waals surface area contributed by atoms with Crippen molar-refractivity contribution in [2.45, 2.75) is 6.43 Å². The summed E-state index contributed by atoms with van der Waals surface area (Å²) in [5.41, 5.74) is 3.78. The lowest BCUT2D eigenvalue weighted by Crippen LogP contribution is -2.04. The van der Waals surface area contributed by atoms with Gasteiger partial charge in [-0.2, -0.15) is 0 Å². The van der Waals surface area contributed by atoms with E-state index in [0.717, 1.165) is 0 Å². The Labute approximate surface area is 71.4 Å². The Morgan fingerprint density at radius 1 is 1.54 bits per heavy atom. The average Bonchev–Trinajstić information content (AvgIpc) is 2.03. The van der Waals surface area contributed by atoms with Gasteiger partial charge in [0.1, 0.15) is 17.3 Å². The van der Waals surface area contributed by atoms with Crippen molar-refractivity contribution in [3.63, 3.8) is 0 Å². The van der Waals surface area contributed by atoms with Gasteiger partial charge in [-0.1, -0.05) is 0 Å². The molecule has 0 spiro atoms. The van der Waals surface area contributed by atoms with E-state index < -0.39 is 29.3 Å². The van der Waals surface area contributed by atoms with E-state index in [-0.39, 0.29) is 6.29 Å². The van der Waals surface area contributed by atoms with Gasteiger partial charge in [0.05, 0.1) is 5.56 Å². The first-order valence-corrected chi connectivity index (χ1v) is 3.25. The molecule has 70 valence electrons. The molecule has 1 aromatic heterocycles. The molecule has 3 nitrogen and oxygen atoms in total. The van der Waals surface area contributed by atoms with Gasteiger partial charge in [0.2, 0.25) is 0 Å². The highest BCUT2D eigenvalue weighted by Crippen LogP contribution is 2.21. The van der Waals surface area contributed by atoms with Gasteiger partial charge in [-0.25, -0.2) is 18.2 Å². The lowest BCUT2D eigenvalue weighted by Gasteiger charge is -2.03. The molecule has 0 saturated carbocycles. The molecule has 0 aliphatic rings. The first kappa shape index (κ1) is 9.50. The van der Waals surface area contributed by atoms with E-state index in [4.69, 9.17) is 5.73 Å². The normalized spacial score (nSPS) is 10.5. The molecule has 1 aromatic rings. The summed E-state index contributed by atoms with van der Waals surface area (Å²) in [7, 11) is 0. The third-order valence-corrected chi connectivity index (χ3v) is 1.40. The topological polar surface area (TPSA) is 56.0 Å². The summed E-state index contributed by atoms with van der Waals surface area (Å²) in [6.07, 6.45) is -2.77. The maximum Gasteiger partial charge on any atom is 0.280 e. The van der Waals surface area contributed by atoms with Gasteiger partial charge in [-0.15, -0.1) is 0 Å². The van der Waals surface area contributed by atoms with Crippen LogP contribution in [0.1, 0.15) is 22.5 Å². The van der Waals surface area contributed by atoms with Crippen LogP contribution in [0, 0.1) is 5.82 Å². The van der Waals surface area contributed by atoms with Crippen LogP contribution >= 0.6 is 0 Å². The Hall–Kier alpha value is -1.59. The number of anilines is 1. The number of carbonyl (C=O) groups excluding carboxylic acids is 1. The number of pyridine rings is 1. The molecule has 0 fully saturated rings. The van der Waals surface area contributed by atoms with Crippen molar-refractivity contribution in [3.8, 4) is 0 Å². The quantitative estimate of drug-likeness (QED) is 0.720. The molecule has 0 radical (unpaired) electrons. The van der Waals surface area contributed by atoms with Crippen LogP contribution in [0.25, 0.3) is 0 Å². The number of halogens is 3. The molecule has 0 amide bonds. The number of nitrogens with two attached hydrogens (primary N) is 1. The molecule has 0 aliphatic carbocycles. The van der Waals surface area contributed by atoms with Crippen molar-refractivity contribution in [3.05, 3.63) is 23.1 Å². The number of carbonyl (C=O) groups is 1. The van der Waals surface area contributed by atoms with Crippen molar-refractivity contribution < 1.29 is 18.0 Å². The van der Waals surface area contributed by atoms with E-state index in [9.17, 15) is 18.0 Å². The lowest BCUT2D eigenvalue weighted by molar-refractivity contribution is 0.111. The molecule has 1 heterocycles. The van der Waals surface area contributed by atoms with Crippen molar-refractivity contribution >= 4 is 12.1 Å². The van der Waals surface area contributed by atoms with Crippen molar-refractivity contribution in [2.75, 3.05) is 5.73 Å². The van der Waals surface area contributed by atoms with Crippen LogP contribution in [0.5, 0.6) is 0 Å². The molecule has 0 aliphatic heterocycles. The summed E-state index contributed by atoms with van der Waals surface area (Å²) in [5.74, 6) is -1.61. The fourth-order valence-corrected chi connectivity index (χ4v) is 0.790. The van der Waals surface area contributed by atoms with Crippen molar-refractivity contribution in [1.29, 1.82) is 0 Å². The van der Waals surface area contributed by atoms with Crippen LogP contribution in [-0.2, 0) is 0 Å². The van der Waals surface area contributed by atoms with Gasteiger partial charge >= 0.3 is 0 Å². The molecule has 6 heteroatoms. The summed E-state index contributed by atoms with van der Waals surface area (Å²) in [4.78, 5) is 13.3. The maximum atomic E-state index is 12.8. The van der Waals surface area contributed by atoms with E-state index in [1.165, 1.54) is 0 Å². The second kappa shape index (κ2) is 3.42. The van der Waals surface area contributed by atoms with Crippen LogP contribution in [0.4, 0.5) is 19.0 Å². The number of nitrogens with zero attached hydrogens (tertiary/aromatic N) is 1. The first-order chi connectivity index (χ1) is 6.06. The van der Waals surface area contributed by atoms with Gasteiger partial charge in [0.15, 0.2) is 6.29 Å². The van der Waals surface area contributed by atoms with E-state index in [1.807, 2.05) is 0 Å². The van der Waals surface area contributed by atoms with Crippen LogP contribution in [0.2, 0.25) is 0 Å². The SMILES string of the molecule is Nc1nc(C(F)F)cc(F)c1C=O. The minimum Gasteiger partial charge on any atom is -0.383 e. The van der Waals surface area contributed by atoms with Crippen molar-refractivity contribution in [2.24, 2.45) is 0 Å². The van der Waals surface area contributed by atoms with Gasteiger partial charge in [0.25, 0.3) is 6.43 Å². The molecule has 0 bridgehead atoms. The highest BCUT2D eigenvalue weighted by Gasteiger charge is 2.15. The number of rotatable bonds is 2. The number of aromatic nitrogens is 1. The molecule has 2 N–H and O–H groups in total. The Balaban J connectivity index is 3.28. The molecule has 0 atom stereocenters. The first-order valence-electron chi connectivity index (χ1n) is 3.25. The van der Waals surface area contributed by atoms with Crippen LogP contribution in [0.15, 0.2) is 6.07 Å². The summed E-state index contributed by atoms with van der Waals surface area (Å²) in [6.45, 7) is 0. The summed E-state index contributed by atoms with van der Waals surface area (Å²) in [5, 5.41) is 0. The fraction of sp³-hybridized carbons (Fsp3) is 0.143. The minimum atomic E-state index is -2.91. The standard InChI is InChI=1S/C7H5F3N2O/c8-4-1-5(6(9)10)12-7(11)3(4)2-13/h1-2,6H,(H2,11,12). The molecular formula is C7H5F3N2O. The number of alkyl halides is 2. The number of hydrogen-bond donors (Lipinski definition) is 1. The van der Waals surface area contributed by atoms with Gasteiger partial charge in [-0.05, 0) is 0 Å². The van der Waals surface area contributed by atoms with E-state index in [0.29, 0.717) is 6.07 Å². The third-order valence-electron chi connectivity index (χ3n) is 1.40. The fourth-order valence-electron chi connectivity index (χ4n) is 0.790. The Bertz CT molecular complexity index is 318. The number of aldehydes is 1. The predicted octanol–water partition coefficient (Wildman–Crippen LogP) is 1.55. The largest absolute Gasteiger partial charge is 0.383 e. The molecule has 0 aromatic carbocycles. The summed E-state index contributed by atoms with van der Waals surface area (Å²) < 4.78 is 36.8. The Morgan fingerprint density at radius 2 is 2.15 bits per heavy atom.